The van der Waals surface area contributed by atoms with Gasteiger partial charge in [-0.2, -0.15) is 0 Å². The first kappa shape index (κ1) is 40.5. The minimum Gasteiger partial charge on any atom is -0.384 e. The van der Waals surface area contributed by atoms with Gasteiger partial charge in [-0.05, 0) is 112 Å². The van der Waals surface area contributed by atoms with E-state index < -0.39 is 33.5 Å². The van der Waals surface area contributed by atoms with Crippen LogP contribution in [0.3, 0.4) is 0 Å². The molecule has 3 atom stereocenters. The number of hydrogen-bond acceptors (Lipinski definition) is 8. The molecule has 0 radical (unpaired) electrons. The molecular weight excluding hydrogens is 758 g/mol. The normalized spacial score (nSPS) is 23.7. The van der Waals surface area contributed by atoms with Gasteiger partial charge in [-0.25, -0.2) is 17.2 Å². The predicted octanol–water partition coefficient (Wildman–Crippen LogP) is 9.80. The Morgan fingerprint density at radius 2 is 1.93 bits per heavy atom. The van der Waals surface area contributed by atoms with E-state index in [0.29, 0.717) is 65.5 Å². The van der Waals surface area contributed by atoms with E-state index in [2.05, 4.69) is 41.5 Å². The molecule has 1 unspecified atom stereocenters. The van der Waals surface area contributed by atoms with E-state index in [1.807, 2.05) is 42.2 Å². The Bertz CT molecular complexity index is 2220. The molecule has 0 amide bonds. The summed E-state index contributed by atoms with van der Waals surface area (Å²) in [6.45, 7) is 11.2. The Labute approximate surface area is 333 Å². The summed E-state index contributed by atoms with van der Waals surface area (Å²) in [5.41, 5.74) is 5.98. The lowest BCUT2D eigenvalue weighted by atomic mass is 9.74. The predicted molar refractivity (Wildman–Crippen MR) is 219 cm³/mol. The van der Waals surface area contributed by atoms with Crippen molar-refractivity contribution >= 4 is 45.6 Å². The Morgan fingerprint density at radius 1 is 1.20 bits per heavy atom. The van der Waals surface area contributed by atoms with Gasteiger partial charge in [-0.3, -0.25) is 15.0 Å². The number of alkyl halides is 1. The number of fused-ring (bicyclic) bond motifs is 1. The minimum atomic E-state index is -3.64. The number of aliphatic imine (C=N–C) groups is 2. The number of pyridine rings is 1. The first-order valence-electron chi connectivity index (χ1n) is 18.4. The van der Waals surface area contributed by atoms with Crippen molar-refractivity contribution in [2.75, 3.05) is 12.3 Å². The van der Waals surface area contributed by atoms with Crippen molar-refractivity contribution in [3.8, 4) is 0 Å². The van der Waals surface area contributed by atoms with Crippen molar-refractivity contribution in [3.63, 3.8) is 0 Å². The van der Waals surface area contributed by atoms with Crippen LogP contribution in [0.2, 0.25) is 5.02 Å². The number of aromatic nitrogens is 1. The lowest BCUT2D eigenvalue weighted by Gasteiger charge is -2.35. The Balaban J connectivity index is 1.25. The van der Waals surface area contributed by atoms with Gasteiger partial charge >= 0.3 is 0 Å². The van der Waals surface area contributed by atoms with Crippen molar-refractivity contribution in [1.82, 2.24) is 9.88 Å². The molecule has 55 heavy (non-hydrogen) atoms. The van der Waals surface area contributed by atoms with Gasteiger partial charge in [0, 0.05) is 34.6 Å². The highest BCUT2D eigenvalue weighted by atomic mass is 35.5. The van der Waals surface area contributed by atoms with E-state index in [1.165, 1.54) is 19.1 Å². The topological polar surface area (TPSA) is 95.2 Å². The van der Waals surface area contributed by atoms with Crippen LogP contribution in [0.5, 0.6) is 0 Å². The molecule has 6 rings (SSSR count). The third-order valence-electron chi connectivity index (χ3n) is 10.8. The fourth-order valence-electron chi connectivity index (χ4n) is 7.70. The highest BCUT2D eigenvalue weighted by molar-refractivity contribution is 7.91. The number of aliphatic hydroxyl groups is 1. The number of hydrogen-bond donors (Lipinski definition) is 2. The van der Waals surface area contributed by atoms with E-state index in [-0.39, 0.29) is 33.2 Å². The lowest BCUT2D eigenvalue weighted by Crippen LogP contribution is -2.34. The second-order valence-corrected chi connectivity index (χ2v) is 17.4. The number of thiol groups is 1. The van der Waals surface area contributed by atoms with Gasteiger partial charge in [0.15, 0.2) is 9.84 Å². The largest absolute Gasteiger partial charge is 0.384 e. The molecule has 288 valence electrons. The minimum absolute atomic E-state index is 0.0217. The first-order chi connectivity index (χ1) is 26.2. The average Bonchev–Trinajstić information content (AvgIpc) is 3.61. The molecule has 3 aromatic rings. The standard InChI is InChI=1S/C43H45ClF2N4O3S2/c1-5-9-36(48-28(4)27(3)45)40-37-24-29(26-50(37)42(38(54)6-2)49-41(40)34-16-13-32(46)25-35(34)44)19-23-55(52,53)33-14-11-30(12-15-33)31-17-20-43(51,21-18-31)39-10-7-8-22-47-39/h5,7-16,22,25,27,29,31,41,51,54H,2,4,17-21,23-24,26H2,1,3H3/b9-5-,48-36?/t27?,29-,31?,41-,43?/m0/s1. The van der Waals surface area contributed by atoms with Crippen LogP contribution in [0.4, 0.5) is 8.78 Å². The molecule has 1 saturated carbocycles. The number of sulfone groups is 1. The molecule has 1 N–H and O–H groups in total. The molecule has 7 nitrogen and oxygen atoms in total. The van der Waals surface area contributed by atoms with E-state index in [4.69, 9.17) is 16.6 Å². The zero-order valence-electron chi connectivity index (χ0n) is 30.9. The van der Waals surface area contributed by atoms with Gasteiger partial charge in [-0.1, -0.05) is 55.1 Å². The summed E-state index contributed by atoms with van der Waals surface area (Å²) in [5.74, 6) is -0.0289. The average molecular weight is 803 g/mol. The molecule has 2 aliphatic heterocycles. The van der Waals surface area contributed by atoms with E-state index in [9.17, 15) is 22.3 Å². The van der Waals surface area contributed by atoms with Crippen LogP contribution >= 0.6 is 24.2 Å². The number of halogens is 3. The quantitative estimate of drug-likeness (QED) is 0.108. The zero-order chi connectivity index (χ0) is 39.5. The summed E-state index contributed by atoms with van der Waals surface area (Å²) in [7, 11) is -3.64. The van der Waals surface area contributed by atoms with E-state index >= 15 is 0 Å². The maximum absolute atomic E-state index is 14.4. The fourth-order valence-corrected chi connectivity index (χ4v) is 9.58. The summed E-state index contributed by atoms with van der Waals surface area (Å²) in [6.07, 6.45) is 7.32. The SMILES string of the molecule is C=C=C(S)C1=N[C@@H](c2ccc(F)cc2Cl)C(C(/C=C\C)=NC(=C)C(C)F)=C2C[C@H](CCS(=O)(=O)c3ccc(C4CCC(O)(c5ccccn5)CC4)cc3)CN12. The summed E-state index contributed by atoms with van der Waals surface area (Å²) in [6, 6.07) is 16.0. The summed E-state index contributed by atoms with van der Waals surface area (Å²) in [5, 5.41) is 11.4. The second-order valence-electron chi connectivity index (χ2n) is 14.4. The first-order valence-corrected chi connectivity index (χ1v) is 20.9. The number of allylic oxidation sites excluding steroid dienone is 4. The fraction of sp³-hybridized carbons (Fsp3) is 0.349. The number of amidine groups is 1. The molecule has 3 aliphatic rings. The highest BCUT2D eigenvalue weighted by Gasteiger charge is 2.41. The molecule has 2 aromatic carbocycles. The summed E-state index contributed by atoms with van der Waals surface area (Å²) >= 11 is 11.3. The van der Waals surface area contributed by atoms with Crippen molar-refractivity contribution in [3.05, 3.63) is 147 Å². The van der Waals surface area contributed by atoms with Gasteiger partial charge in [0.2, 0.25) is 0 Å². The molecule has 0 bridgehead atoms. The summed E-state index contributed by atoms with van der Waals surface area (Å²) in [4.78, 5) is 16.6. The monoisotopic (exact) mass is 802 g/mol. The Hall–Kier alpha value is -4.12. The number of nitrogens with zero attached hydrogens (tertiary/aromatic N) is 4. The van der Waals surface area contributed by atoms with Crippen molar-refractivity contribution in [2.24, 2.45) is 15.9 Å². The maximum atomic E-state index is 14.4. The number of benzene rings is 2. The molecule has 1 aliphatic carbocycles. The number of rotatable bonds is 12. The third-order valence-corrected chi connectivity index (χ3v) is 13.2. The van der Waals surface area contributed by atoms with Crippen LogP contribution in [0.15, 0.2) is 135 Å². The molecule has 12 heteroatoms. The maximum Gasteiger partial charge on any atom is 0.178 e. The van der Waals surface area contributed by atoms with Gasteiger partial charge in [0.25, 0.3) is 0 Å². The van der Waals surface area contributed by atoms with Gasteiger partial charge in [0.1, 0.15) is 29.5 Å². The van der Waals surface area contributed by atoms with Crippen molar-refractivity contribution in [1.29, 1.82) is 0 Å². The van der Waals surface area contributed by atoms with E-state index in [0.717, 1.165) is 24.1 Å². The third kappa shape index (κ3) is 8.82. The van der Waals surface area contributed by atoms with Crippen LogP contribution < -0.4 is 0 Å². The Morgan fingerprint density at radius 3 is 2.55 bits per heavy atom. The van der Waals surface area contributed by atoms with Gasteiger partial charge in [-0.15, -0.1) is 18.4 Å². The van der Waals surface area contributed by atoms with Gasteiger partial charge < -0.3 is 10.0 Å². The zero-order valence-corrected chi connectivity index (χ0v) is 33.4. The van der Waals surface area contributed by atoms with Crippen LogP contribution in [0.1, 0.15) is 81.2 Å². The summed E-state index contributed by atoms with van der Waals surface area (Å²) < 4.78 is 56.2. The van der Waals surface area contributed by atoms with Crippen LogP contribution in [-0.4, -0.2) is 53.4 Å². The lowest BCUT2D eigenvalue weighted by molar-refractivity contribution is -0.00957. The van der Waals surface area contributed by atoms with E-state index in [1.54, 1.807) is 36.5 Å². The Kier molecular flexibility index (Phi) is 12.5. The molecule has 1 aromatic heterocycles. The van der Waals surface area contributed by atoms with Crippen LogP contribution in [-0.2, 0) is 15.4 Å². The molecule has 1 saturated heterocycles. The molecular formula is C43H45ClF2N4O3S2. The highest BCUT2D eigenvalue weighted by Crippen LogP contribution is 2.46. The smallest absolute Gasteiger partial charge is 0.178 e. The molecule has 0 spiro atoms. The second kappa shape index (κ2) is 16.9. The van der Waals surface area contributed by atoms with Crippen LogP contribution in [0, 0.1) is 11.7 Å². The van der Waals surface area contributed by atoms with Crippen molar-refractivity contribution < 1.29 is 22.3 Å². The molecule has 2 fully saturated rings. The van der Waals surface area contributed by atoms with Gasteiger partial charge in [0.05, 0.1) is 32.7 Å². The van der Waals surface area contributed by atoms with Crippen molar-refractivity contribution in [2.45, 2.75) is 81.0 Å². The molecule has 3 heterocycles. The van der Waals surface area contributed by atoms with Crippen LogP contribution in [0.25, 0.3) is 0 Å².